The highest BCUT2D eigenvalue weighted by Gasteiger charge is 2.25. The summed E-state index contributed by atoms with van der Waals surface area (Å²) in [6.07, 6.45) is 4.02. The molecule has 0 radical (unpaired) electrons. The lowest BCUT2D eigenvalue weighted by Gasteiger charge is -2.38. The molecule has 4 heteroatoms. The first-order chi connectivity index (χ1) is 8.72. The van der Waals surface area contributed by atoms with Crippen LogP contribution in [0.15, 0.2) is 17.1 Å². The van der Waals surface area contributed by atoms with E-state index in [9.17, 15) is 4.79 Å². The summed E-state index contributed by atoms with van der Waals surface area (Å²) in [5.74, 6) is 0.866. The highest BCUT2D eigenvalue weighted by atomic mass is 16.1. The highest BCUT2D eigenvalue weighted by molar-refractivity contribution is 5.22. The van der Waals surface area contributed by atoms with E-state index in [0.29, 0.717) is 0 Å². The molecule has 3 heterocycles. The second-order valence-electron chi connectivity index (χ2n) is 5.70. The van der Waals surface area contributed by atoms with Crippen LogP contribution in [0.5, 0.6) is 0 Å². The molecule has 2 aliphatic rings. The number of nitrogens with zero attached hydrogens (tertiary/aromatic N) is 2. The molecule has 1 aromatic rings. The number of hydrogen-bond donors (Lipinski definition) is 1. The number of fused-ring (bicyclic) bond motifs is 1. The van der Waals surface area contributed by atoms with Crippen LogP contribution in [-0.4, -0.2) is 48.0 Å². The van der Waals surface area contributed by atoms with Gasteiger partial charge in [0.15, 0.2) is 5.43 Å². The molecule has 1 fully saturated rings. The van der Waals surface area contributed by atoms with Crippen molar-refractivity contribution in [3.63, 3.8) is 0 Å². The van der Waals surface area contributed by atoms with Crippen LogP contribution in [0, 0.1) is 5.92 Å². The van der Waals surface area contributed by atoms with Gasteiger partial charge in [0.1, 0.15) is 0 Å². The van der Waals surface area contributed by atoms with Crippen molar-refractivity contribution in [3.8, 4) is 0 Å². The lowest BCUT2D eigenvalue weighted by molar-refractivity contribution is 0.109. The average molecular weight is 247 g/mol. The third-order valence-electron chi connectivity index (χ3n) is 4.21. The Bertz CT molecular complexity index is 476. The van der Waals surface area contributed by atoms with Crippen LogP contribution in [0.25, 0.3) is 0 Å². The summed E-state index contributed by atoms with van der Waals surface area (Å²) in [6.45, 7) is 5.52. The predicted octanol–water partition coefficient (Wildman–Crippen LogP) is 0.685. The first-order valence-electron chi connectivity index (χ1n) is 6.83. The van der Waals surface area contributed by atoms with Crippen molar-refractivity contribution in [1.82, 2.24) is 14.8 Å². The Morgan fingerprint density at radius 1 is 1.44 bits per heavy atom. The quantitative estimate of drug-likeness (QED) is 0.854. The van der Waals surface area contributed by atoms with Crippen LogP contribution in [0.1, 0.15) is 17.7 Å². The van der Waals surface area contributed by atoms with Crippen molar-refractivity contribution in [2.45, 2.75) is 19.4 Å². The van der Waals surface area contributed by atoms with Gasteiger partial charge in [0, 0.05) is 56.1 Å². The van der Waals surface area contributed by atoms with Gasteiger partial charge in [-0.05, 0) is 25.9 Å². The molecule has 0 atom stereocenters. The molecule has 3 rings (SSSR count). The van der Waals surface area contributed by atoms with Gasteiger partial charge in [-0.2, -0.15) is 0 Å². The number of nitrogens with one attached hydrogen (secondary N) is 1. The Balaban J connectivity index is 1.57. The average Bonchev–Trinajstić information content (AvgIpc) is 2.34. The SMILES string of the molecule is CN1CC(CCN2CCc3[nH]ccc(=O)c3C2)C1. The first-order valence-corrected chi connectivity index (χ1v) is 6.83. The molecular weight excluding hydrogens is 226 g/mol. The molecular formula is C14H21N3O. The summed E-state index contributed by atoms with van der Waals surface area (Å²) < 4.78 is 0. The first kappa shape index (κ1) is 11.9. The summed E-state index contributed by atoms with van der Waals surface area (Å²) >= 11 is 0. The molecule has 1 saturated heterocycles. The maximum atomic E-state index is 11.8. The smallest absolute Gasteiger partial charge is 0.186 e. The van der Waals surface area contributed by atoms with E-state index in [2.05, 4.69) is 21.8 Å². The van der Waals surface area contributed by atoms with Crippen LogP contribution in [0.3, 0.4) is 0 Å². The van der Waals surface area contributed by atoms with Crippen LogP contribution in [0.2, 0.25) is 0 Å². The second-order valence-corrected chi connectivity index (χ2v) is 5.70. The Labute approximate surface area is 108 Å². The number of aromatic amines is 1. The van der Waals surface area contributed by atoms with Gasteiger partial charge < -0.3 is 9.88 Å². The molecule has 18 heavy (non-hydrogen) atoms. The third-order valence-corrected chi connectivity index (χ3v) is 4.21. The number of pyridine rings is 1. The Morgan fingerprint density at radius 2 is 2.28 bits per heavy atom. The van der Waals surface area contributed by atoms with Crippen molar-refractivity contribution in [2.24, 2.45) is 5.92 Å². The molecule has 0 spiro atoms. The van der Waals surface area contributed by atoms with E-state index < -0.39 is 0 Å². The van der Waals surface area contributed by atoms with Crippen molar-refractivity contribution < 1.29 is 0 Å². The molecule has 1 aromatic heterocycles. The number of rotatable bonds is 3. The zero-order valence-electron chi connectivity index (χ0n) is 11.0. The monoisotopic (exact) mass is 247 g/mol. The van der Waals surface area contributed by atoms with Crippen LogP contribution in [-0.2, 0) is 13.0 Å². The predicted molar refractivity (Wildman–Crippen MR) is 71.6 cm³/mol. The Hall–Kier alpha value is -1.13. The number of hydrogen-bond acceptors (Lipinski definition) is 3. The topological polar surface area (TPSA) is 39.3 Å². The lowest BCUT2D eigenvalue weighted by atomic mass is 9.96. The third kappa shape index (κ3) is 2.35. The van der Waals surface area contributed by atoms with Crippen LogP contribution in [0.4, 0.5) is 0 Å². The summed E-state index contributed by atoms with van der Waals surface area (Å²) in [6, 6.07) is 1.64. The van der Waals surface area contributed by atoms with Crippen molar-refractivity contribution in [3.05, 3.63) is 33.7 Å². The minimum Gasteiger partial charge on any atom is -0.364 e. The van der Waals surface area contributed by atoms with Gasteiger partial charge in [-0.1, -0.05) is 0 Å². The van der Waals surface area contributed by atoms with E-state index in [1.807, 2.05) is 0 Å². The van der Waals surface area contributed by atoms with E-state index in [1.165, 1.54) is 19.5 Å². The summed E-state index contributed by atoms with van der Waals surface area (Å²) in [4.78, 5) is 19.8. The molecule has 98 valence electrons. The van der Waals surface area contributed by atoms with Gasteiger partial charge in [0.25, 0.3) is 0 Å². The highest BCUT2D eigenvalue weighted by Crippen LogP contribution is 2.19. The zero-order chi connectivity index (χ0) is 12.5. The van der Waals surface area contributed by atoms with Gasteiger partial charge in [-0.15, -0.1) is 0 Å². The number of aromatic nitrogens is 1. The van der Waals surface area contributed by atoms with Crippen LogP contribution < -0.4 is 5.43 Å². The Kier molecular flexibility index (Phi) is 3.22. The van der Waals surface area contributed by atoms with Gasteiger partial charge in [0.2, 0.25) is 0 Å². The minimum atomic E-state index is 0.192. The van der Waals surface area contributed by atoms with E-state index in [0.717, 1.165) is 43.2 Å². The van der Waals surface area contributed by atoms with Gasteiger partial charge in [-0.3, -0.25) is 9.69 Å². The maximum absolute atomic E-state index is 11.8. The van der Waals surface area contributed by atoms with Gasteiger partial charge >= 0.3 is 0 Å². The summed E-state index contributed by atoms with van der Waals surface area (Å²) in [7, 11) is 2.17. The maximum Gasteiger partial charge on any atom is 0.186 e. The fraction of sp³-hybridized carbons (Fsp3) is 0.643. The standard InChI is InChI=1S/C14H21N3O/c1-16-8-11(9-16)3-6-17-7-4-13-12(10-17)14(18)2-5-15-13/h2,5,11H,3-4,6-10H2,1H3,(H,15,18). The molecule has 0 saturated carbocycles. The van der Waals surface area contributed by atoms with Crippen molar-refractivity contribution in [1.29, 1.82) is 0 Å². The number of H-pyrrole nitrogens is 1. The fourth-order valence-electron chi connectivity index (χ4n) is 3.09. The van der Waals surface area contributed by atoms with Crippen LogP contribution >= 0.6 is 0 Å². The van der Waals surface area contributed by atoms with Gasteiger partial charge in [-0.25, -0.2) is 0 Å². The largest absolute Gasteiger partial charge is 0.364 e. The van der Waals surface area contributed by atoms with Crippen molar-refractivity contribution >= 4 is 0 Å². The Morgan fingerprint density at radius 3 is 3.06 bits per heavy atom. The fourth-order valence-corrected chi connectivity index (χ4v) is 3.09. The van der Waals surface area contributed by atoms with Crippen molar-refractivity contribution in [2.75, 3.05) is 33.2 Å². The molecule has 0 aliphatic carbocycles. The molecule has 2 aliphatic heterocycles. The molecule has 4 nitrogen and oxygen atoms in total. The minimum absolute atomic E-state index is 0.192. The lowest BCUT2D eigenvalue weighted by Crippen LogP contribution is -2.45. The zero-order valence-corrected chi connectivity index (χ0v) is 11.0. The summed E-state index contributed by atoms with van der Waals surface area (Å²) in [5, 5.41) is 0. The van der Waals surface area contributed by atoms with Gasteiger partial charge in [0.05, 0.1) is 0 Å². The van der Waals surface area contributed by atoms with E-state index in [-0.39, 0.29) is 5.43 Å². The summed E-state index contributed by atoms with van der Waals surface area (Å²) in [5.41, 5.74) is 2.31. The van der Waals surface area contributed by atoms with E-state index in [4.69, 9.17) is 0 Å². The molecule has 0 amide bonds. The molecule has 0 aromatic carbocycles. The van der Waals surface area contributed by atoms with E-state index >= 15 is 0 Å². The second kappa shape index (κ2) is 4.86. The van der Waals surface area contributed by atoms with E-state index in [1.54, 1.807) is 12.3 Å². The molecule has 0 bridgehead atoms. The number of likely N-dealkylation sites (tertiary alicyclic amines) is 1. The molecule has 0 unspecified atom stereocenters. The normalized spacial score (nSPS) is 21.6. The molecule has 1 N–H and O–H groups in total.